The molecule has 0 fully saturated rings. The van der Waals surface area contributed by atoms with Crippen LogP contribution in [0.15, 0.2) is 150 Å². The minimum Gasteiger partial charge on any atom is -0.314 e. The number of anilines is 1. The maximum atomic E-state index is 6.10. The fourth-order valence-corrected chi connectivity index (χ4v) is 7.72. The van der Waals surface area contributed by atoms with Gasteiger partial charge in [-0.3, -0.25) is 0 Å². The van der Waals surface area contributed by atoms with Crippen LogP contribution in [0.25, 0.3) is 56.4 Å². The second kappa shape index (κ2) is 30.1. The van der Waals surface area contributed by atoms with Crippen LogP contribution in [-0.4, -0.2) is 4.57 Å². The van der Waals surface area contributed by atoms with Gasteiger partial charge in [0, 0.05) is 41.3 Å². The monoisotopic (exact) mass is 871 g/mol. The second-order valence-electron chi connectivity index (χ2n) is 13.8. The average Bonchev–Trinajstić information content (AvgIpc) is 3.67. The molecular formula is C64H74N2. The quantitative estimate of drug-likeness (QED) is 0.0857. The Morgan fingerprint density at radius 3 is 2.14 bits per heavy atom. The van der Waals surface area contributed by atoms with Crippen LogP contribution in [0.2, 0.25) is 0 Å². The molecule has 0 radical (unpaired) electrons. The number of allylic oxidation sites excluding steroid dienone is 11. The van der Waals surface area contributed by atoms with Gasteiger partial charge < -0.3 is 9.47 Å². The molecule has 66 heavy (non-hydrogen) atoms. The van der Waals surface area contributed by atoms with Crippen molar-refractivity contribution >= 4 is 62.1 Å². The molecular weight excluding hydrogens is 797 g/mol. The summed E-state index contributed by atoms with van der Waals surface area (Å²) in [5, 5.41) is 5.86. The first-order valence-corrected chi connectivity index (χ1v) is 24.3. The van der Waals surface area contributed by atoms with E-state index in [-0.39, 0.29) is 5.92 Å². The first-order chi connectivity index (χ1) is 32.5. The number of fused-ring (bicyclic) bond motifs is 5. The molecule has 2 nitrogen and oxygen atoms in total. The highest BCUT2D eigenvalue weighted by molar-refractivity contribution is 6.15. The summed E-state index contributed by atoms with van der Waals surface area (Å²) < 4.78 is 2.33. The zero-order chi connectivity index (χ0) is 49.0. The van der Waals surface area contributed by atoms with Crippen molar-refractivity contribution in [2.75, 3.05) is 4.90 Å². The lowest BCUT2D eigenvalue weighted by Gasteiger charge is -2.28. The van der Waals surface area contributed by atoms with Crippen LogP contribution in [0.4, 0.5) is 5.69 Å². The summed E-state index contributed by atoms with van der Waals surface area (Å²) in [4.78, 5) is 2.29. The summed E-state index contributed by atoms with van der Waals surface area (Å²) in [6, 6.07) is 23.8. The van der Waals surface area contributed by atoms with Gasteiger partial charge in [-0.15, -0.1) is 12.3 Å². The molecule has 0 saturated carbocycles. The zero-order valence-electron chi connectivity index (χ0n) is 42.6. The van der Waals surface area contributed by atoms with Crippen LogP contribution in [0.3, 0.4) is 0 Å². The third-order valence-electron chi connectivity index (χ3n) is 9.94. The van der Waals surface area contributed by atoms with Crippen molar-refractivity contribution in [3.05, 3.63) is 173 Å². The Hall–Kier alpha value is -7.10. The minimum absolute atomic E-state index is 0.0838. The number of hydrogen-bond donors (Lipinski definition) is 0. The second-order valence-corrected chi connectivity index (χ2v) is 13.8. The maximum Gasteiger partial charge on any atom is 0.0742 e. The van der Waals surface area contributed by atoms with Crippen molar-refractivity contribution in [2.24, 2.45) is 5.92 Å². The highest BCUT2D eigenvalue weighted by Gasteiger charge is 2.24. The van der Waals surface area contributed by atoms with Gasteiger partial charge in [-0.05, 0) is 101 Å². The first-order valence-electron chi connectivity index (χ1n) is 24.3. The molecule has 0 saturated heterocycles. The van der Waals surface area contributed by atoms with E-state index in [2.05, 4.69) is 194 Å². The van der Waals surface area contributed by atoms with Gasteiger partial charge >= 0.3 is 0 Å². The fraction of sp³-hybridized carbons (Fsp3) is 0.281. The Morgan fingerprint density at radius 1 is 0.848 bits per heavy atom. The number of nitrogens with zero attached hydrogens (tertiary/aromatic N) is 2. The summed E-state index contributed by atoms with van der Waals surface area (Å²) in [5.41, 5.74) is 16.8. The standard InChI is InChI=1S/C51H36N2.C3H8.5C2H6/c1-5-20-42-40(7-3)43-27-16-17-28-44(43)45-33-32-39(35-48(42)45)52(38-24-11-9-12-25-38)36(4)34-51-46(21-6-2)47-29-18-19-31-50(47)53(51)49-30-13-8-10-22-37-23-14-15-26-41(37)49;1-3-2;5*1-2/h2,5,7,11,13-14,16-20,23-25,27-35,37H,3,8,21H2,1,4H3;3H2,1-2H3;5*1-2H3/b20-5-,30-13-,36-34+,49-41+;;;;;;. The first kappa shape index (κ1) is 55.0. The van der Waals surface area contributed by atoms with E-state index < -0.39 is 0 Å². The molecule has 0 amide bonds. The third-order valence-corrected chi connectivity index (χ3v) is 9.94. The van der Waals surface area contributed by atoms with Crippen LogP contribution in [0, 0.1) is 41.9 Å². The van der Waals surface area contributed by atoms with Crippen molar-refractivity contribution in [3.63, 3.8) is 0 Å². The van der Waals surface area contributed by atoms with Gasteiger partial charge in [0.15, 0.2) is 0 Å². The predicted molar refractivity (Wildman–Crippen MR) is 299 cm³/mol. The molecule has 1 atom stereocenters. The molecule has 5 aromatic rings. The molecule has 0 N–H and O–H groups in total. The minimum atomic E-state index is -0.0838. The van der Waals surface area contributed by atoms with Crippen LogP contribution < -0.4 is 4.90 Å². The van der Waals surface area contributed by atoms with Crippen molar-refractivity contribution < 1.29 is 0 Å². The van der Waals surface area contributed by atoms with E-state index >= 15 is 0 Å². The summed E-state index contributed by atoms with van der Waals surface area (Å²) in [7, 11) is 0. The summed E-state index contributed by atoms with van der Waals surface area (Å²) in [5.74, 6) is 16.3. The Labute approximate surface area is 400 Å². The topological polar surface area (TPSA) is 8.17 Å². The molecule has 1 aromatic heterocycles. The third kappa shape index (κ3) is 12.6. The van der Waals surface area contributed by atoms with E-state index in [0.29, 0.717) is 12.8 Å². The van der Waals surface area contributed by atoms with Crippen molar-refractivity contribution in [1.82, 2.24) is 4.57 Å². The zero-order valence-corrected chi connectivity index (χ0v) is 42.6. The lowest BCUT2D eigenvalue weighted by atomic mass is 9.91. The van der Waals surface area contributed by atoms with Crippen LogP contribution in [-0.2, 0) is 6.42 Å². The molecule has 1 heterocycles. The smallest absolute Gasteiger partial charge is 0.0742 e. The van der Waals surface area contributed by atoms with Crippen LogP contribution in [0.5, 0.6) is 0 Å². The number of para-hydroxylation sites is 1. The van der Waals surface area contributed by atoms with Crippen LogP contribution >= 0.6 is 0 Å². The Morgan fingerprint density at radius 2 is 1.50 bits per heavy atom. The van der Waals surface area contributed by atoms with E-state index in [4.69, 9.17) is 6.42 Å². The fourth-order valence-electron chi connectivity index (χ4n) is 7.72. The Bertz CT molecular complexity index is 2880. The van der Waals surface area contributed by atoms with Gasteiger partial charge in [-0.25, -0.2) is 0 Å². The number of benzene rings is 4. The normalized spacial score (nSPS) is 15.0. The molecule has 2 heteroatoms. The van der Waals surface area contributed by atoms with Crippen molar-refractivity contribution in [2.45, 2.75) is 116 Å². The van der Waals surface area contributed by atoms with E-state index in [1.165, 1.54) is 22.6 Å². The summed E-state index contributed by atoms with van der Waals surface area (Å²) in [6.45, 7) is 32.7. The Balaban J connectivity index is 0.00000106. The lowest BCUT2D eigenvalue weighted by Crippen LogP contribution is -2.20. The van der Waals surface area contributed by atoms with Gasteiger partial charge in [0.2, 0.25) is 0 Å². The molecule has 0 bridgehead atoms. The van der Waals surface area contributed by atoms with Crippen molar-refractivity contribution in [3.8, 4) is 36.0 Å². The van der Waals surface area contributed by atoms with Crippen molar-refractivity contribution in [1.29, 1.82) is 0 Å². The molecule has 0 aliphatic heterocycles. The van der Waals surface area contributed by atoms with E-state index in [1.54, 1.807) is 0 Å². The summed E-state index contributed by atoms with van der Waals surface area (Å²) in [6.07, 6.45) is 31.3. The van der Waals surface area contributed by atoms with Gasteiger partial charge in [0.05, 0.1) is 28.5 Å². The molecule has 1 unspecified atom stereocenters. The average molecular weight is 871 g/mol. The number of terminal acetylenes is 1. The highest BCUT2D eigenvalue weighted by Crippen LogP contribution is 2.40. The Kier molecular flexibility index (Phi) is 25.1. The molecule has 8 rings (SSSR count). The highest BCUT2D eigenvalue weighted by atomic mass is 15.2. The maximum absolute atomic E-state index is 6.10. The van der Waals surface area contributed by atoms with Gasteiger partial charge in [0.25, 0.3) is 0 Å². The van der Waals surface area contributed by atoms with E-state index in [1.807, 2.05) is 93.5 Å². The predicted octanol–water partition coefficient (Wildman–Crippen LogP) is 18.3. The molecule has 3 aliphatic rings. The van der Waals surface area contributed by atoms with E-state index in [9.17, 15) is 0 Å². The number of rotatable bonds is 8. The summed E-state index contributed by atoms with van der Waals surface area (Å²) >= 11 is 0. The van der Waals surface area contributed by atoms with E-state index in [0.717, 1.165) is 67.0 Å². The van der Waals surface area contributed by atoms with Gasteiger partial charge in [-0.2, -0.15) is 0 Å². The molecule has 4 aromatic carbocycles. The van der Waals surface area contributed by atoms with Gasteiger partial charge in [0.1, 0.15) is 0 Å². The molecule has 340 valence electrons. The molecule has 0 spiro atoms. The number of hydrogen-bond acceptors (Lipinski definition) is 1. The van der Waals surface area contributed by atoms with Gasteiger partial charge in [-0.1, -0.05) is 210 Å². The lowest BCUT2D eigenvalue weighted by molar-refractivity contribution is 1.01. The van der Waals surface area contributed by atoms with Crippen LogP contribution in [0.1, 0.15) is 132 Å². The SMILES string of the molecule is C#CCc1c(/C=C(\C)N(C2=CC=C=C=C2)c2ccc3c(c2)c(/C=C\C)c(C=C)c2ccccc23)n(C2=C3\C#CC=CC3C#CC/C=C\2)c2ccccc12.CC.CC.CC.CC.CC.CCC. The molecule has 3 aliphatic carbocycles. The number of aromatic nitrogens is 1. The largest absolute Gasteiger partial charge is 0.314 e.